The van der Waals surface area contributed by atoms with Crippen LogP contribution in [-0.4, -0.2) is 111 Å². The Labute approximate surface area is 552 Å². The lowest BCUT2D eigenvalue weighted by Crippen LogP contribution is -2.12. The van der Waals surface area contributed by atoms with Crippen LogP contribution in [0.15, 0.2) is 156 Å². The van der Waals surface area contributed by atoms with Gasteiger partial charge in [0, 0.05) is 114 Å². The lowest BCUT2D eigenvalue weighted by atomic mass is 10.1. The zero-order valence-electron chi connectivity index (χ0n) is 57.3. The lowest BCUT2D eigenvalue weighted by Gasteiger charge is -2.18. The number of nitrogens with two attached hydrogens (primary N) is 2. The quantitative estimate of drug-likeness (QED) is 0.0732. The van der Waals surface area contributed by atoms with E-state index in [1.54, 1.807) is 66.8 Å². The van der Waals surface area contributed by atoms with E-state index < -0.39 is 0 Å². The molecule has 0 amide bonds. The van der Waals surface area contributed by atoms with Gasteiger partial charge in [-0.15, -0.1) is 27.8 Å². The monoisotopic (exact) mass is 1290 g/mol. The number of nitrogens with zero attached hydrogens (tertiary/aromatic N) is 14. The maximum atomic E-state index is 4.99. The summed E-state index contributed by atoms with van der Waals surface area (Å²) < 4.78 is 10.8. The van der Waals surface area contributed by atoms with Crippen LogP contribution in [-0.2, 0) is 50.9 Å². The van der Waals surface area contributed by atoms with Crippen molar-refractivity contribution in [3.63, 3.8) is 0 Å². The van der Waals surface area contributed by atoms with Gasteiger partial charge >= 0.3 is 0 Å². The maximum Gasteiger partial charge on any atom is 0.176 e. The van der Waals surface area contributed by atoms with Gasteiger partial charge < -0.3 is 30.6 Å². The van der Waals surface area contributed by atoms with Crippen molar-refractivity contribution in [2.24, 2.45) is 34.7 Å². The minimum absolute atomic E-state index is 0.255. The molecular weight excluding hydrogens is 1190 g/mol. The molecule has 1 saturated carbocycles. The van der Waals surface area contributed by atoms with Gasteiger partial charge in [0.1, 0.15) is 25.9 Å². The van der Waals surface area contributed by atoms with Crippen LogP contribution in [0.5, 0.6) is 0 Å². The normalized spacial score (nSPS) is 11.2. The highest BCUT2D eigenvalue weighted by molar-refractivity contribution is 8.00. The average Bonchev–Trinajstić information content (AvgIpc) is 1.75. The smallest absolute Gasteiger partial charge is 0.176 e. The zero-order valence-corrected chi connectivity index (χ0v) is 59.8. The van der Waals surface area contributed by atoms with E-state index in [0.717, 1.165) is 69.9 Å². The van der Waals surface area contributed by atoms with Crippen molar-refractivity contribution >= 4 is 46.9 Å². The first kappa shape index (κ1) is 86.2. The van der Waals surface area contributed by atoms with Crippen LogP contribution in [0.3, 0.4) is 0 Å². The lowest BCUT2D eigenvalue weighted by molar-refractivity contribution is 0.160. The van der Waals surface area contributed by atoms with Gasteiger partial charge in [0.15, 0.2) is 11.8 Å². The largest absolute Gasteiger partial charge is 0.483 e. The molecule has 2 fully saturated rings. The second-order valence-electron chi connectivity index (χ2n) is 19.2. The van der Waals surface area contributed by atoms with Crippen LogP contribution in [0.4, 0.5) is 0 Å². The Bertz CT molecular complexity index is 2810. The van der Waals surface area contributed by atoms with E-state index in [1.165, 1.54) is 62.0 Å². The number of pyridine rings is 2. The van der Waals surface area contributed by atoms with Crippen LogP contribution in [0, 0.1) is 54.4 Å². The van der Waals surface area contributed by atoms with E-state index in [1.807, 2.05) is 160 Å². The Morgan fingerprint density at radius 2 is 1.22 bits per heavy atom. The van der Waals surface area contributed by atoms with Crippen LogP contribution in [0.1, 0.15) is 137 Å². The molecular formula is C67H106N16O4S3. The third kappa shape index (κ3) is 55.3. The number of methoxy groups -OCH3 is 1. The zero-order chi connectivity index (χ0) is 68.2. The molecule has 20 nitrogen and oxygen atoms in total. The minimum atomic E-state index is 0.255. The first-order valence-electron chi connectivity index (χ1n) is 29.5. The number of thioether (sulfide) groups is 1. The molecule has 0 spiro atoms. The molecule has 1 saturated heterocycles. The molecule has 2 aliphatic rings. The minimum Gasteiger partial charge on any atom is -0.483 e. The summed E-state index contributed by atoms with van der Waals surface area (Å²) in [6, 6.07) is 14.1. The predicted octanol–water partition coefficient (Wildman–Crippen LogP) is 14.7. The molecule has 0 unspecified atom stereocenters. The van der Waals surface area contributed by atoms with Gasteiger partial charge in [-0.2, -0.15) is 16.9 Å². The summed E-state index contributed by atoms with van der Waals surface area (Å²) in [5.41, 5.74) is 22.3. The van der Waals surface area contributed by atoms with Crippen LogP contribution in [0.2, 0.25) is 0 Å². The highest BCUT2D eigenvalue weighted by atomic mass is 32.2. The van der Waals surface area contributed by atoms with E-state index in [4.69, 9.17) is 11.5 Å². The van der Waals surface area contributed by atoms with Gasteiger partial charge in [0.2, 0.25) is 0 Å². The topological polar surface area (TPSA) is 260 Å². The molecule has 0 atom stereocenters. The third-order valence-electron chi connectivity index (χ3n) is 10.7. The first-order valence-corrected chi connectivity index (χ1v) is 32.5. The molecule has 0 aromatic carbocycles. The van der Waals surface area contributed by atoms with E-state index in [-0.39, 0.29) is 11.8 Å². The number of thiazole rings is 2. The van der Waals surface area contributed by atoms with Gasteiger partial charge in [-0.25, -0.2) is 29.9 Å². The van der Waals surface area contributed by atoms with Crippen molar-refractivity contribution < 1.29 is 19.1 Å². The Kier molecular flexibility index (Phi) is 56.2. The van der Waals surface area contributed by atoms with Crippen LogP contribution >= 0.6 is 34.4 Å². The number of oxime groups is 2. The molecule has 4 N–H and O–H groups in total. The number of aromatic nitrogens is 12. The van der Waals surface area contributed by atoms with Gasteiger partial charge in [0.25, 0.3) is 0 Å². The van der Waals surface area contributed by atoms with Gasteiger partial charge in [-0.3, -0.25) is 24.6 Å². The molecule has 0 radical (unpaired) electrons. The maximum absolute atomic E-state index is 4.99. The summed E-state index contributed by atoms with van der Waals surface area (Å²) in [7, 11) is 4.95. The van der Waals surface area contributed by atoms with Crippen molar-refractivity contribution in [1.82, 2.24) is 59.6 Å². The SMILES string of the molecule is C=C(N)OC.C=C(N)OCC.CC1(c2ccccn2)CC1.CC1CSC1.CC=NOC.CC=NOCC.CCc1ccccn1.CCc1ccnn1C.CCc1cscn1.Cc1cnc(C)cn1.Cc1cnc(C)nc1.Cc1cncnc1.Cc1csc(C)n1. The van der Waals surface area contributed by atoms with Crippen molar-refractivity contribution in [2.75, 3.05) is 38.9 Å². The fraction of sp³-hybridized carbons (Fsp3) is 0.448. The molecule has 10 rings (SSSR count). The molecule has 1 aliphatic heterocycles. The third-order valence-corrected chi connectivity index (χ3v) is 13.8. The summed E-state index contributed by atoms with van der Waals surface area (Å²) >= 11 is 5.39. The fourth-order valence-corrected chi connectivity index (χ4v) is 7.42. The highest BCUT2D eigenvalue weighted by Gasteiger charge is 2.40. The summed E-state index contributed by atoms with van der Waals surface area (Å²) in [5.74, 6) is 5.21. The van der Waals surface area contributed by atoms with Gasteiger partial charge in [0.05, 0.1) is 41.3 Å². The fourth-order valence-electron chi connectivity index (χ4n) is 5.48. The molecule has 0 bridgehead atoms. The van der Waals surface area contributed by atoms with E-state index in [9.17, 15) is 0 Å². The van der Waals surface area contributed by atoms with E-state index in [0.29, 0.717) is 18.6 Å². The molecule has 1 aliphatic carbocycles. The molecule has 8 aromatic rings. The molecule has 23 heteroatoms. The number of ether oxygens (including phenoxy) is 2. The van der Waals surface area contributed by atoms with Crippen molar-refractivity contribution in [3.05, 3.63) is 208 Å². The number of rotatable bonds is 10. The summed E-state index contributed by atoms with van der Waals surface area (Å²) in [5, 5.41) is 16.1. The Morgan fingerprint density at radius 3 is 1.44 bits per heavy atom. The Balaban J connectivity index is -0.000000916. The number of hydrogen-bond acceptors (Lipinski definition) is 22. The van der Waals surface area contributed by atoms with Crippen LogP contribution in [0.25, 0.3) is 0 Å². The highest BCUT2D eigenvalue weighted by Crippen LogP contribution is 2.46. The van der Waals surface area contributed by atoms with Crippen molar-refractivity contribution in [2.45, 2.75) is 148 Å². The van der Waals surface area contributed by atoms with E-state index >= 15 is 0 Å². The second kappa shape index (κ2) is 58.7. The standard InChI is InChI=1S/C9H11N.C7H9N.2C6H8N2.C6H10N2.C5H6N2.2C5H7NS.2C4H9NO.C4H8S.2C3H7NO/c1-9(5-6-9)8-4-2-3-7-10-8;1-2-7-5-3-4-6-8-7;1-5-3-8-6(2)4-7-5;1-5-3-7-6(2)8-4-5;1-3-6-4-5-7-8(6)2;1-5-2-6-4-7-3-5;1-4-3-7-5(2)6-4;1-2-5-3-7-4-6-5;1-3-6-4(2)5;1-3-5-6-4-2;1-4-2-5-3-4;1-3-4-5-2;1-3(4)5-2/h2-4,7H,5-6H2,1H3;3-6H,2H2,1H3;2*3-4H,1-2H3;4-5H,3H2,1-2H3;2-4H,1H3;3H,1-2H3;3-4H,2H2,1H3;2-3,5H2,1H3;3H,4H2,1-2H3;4H,2-3H2,1H3;3H,1-2H3;1,4H2,2H3. The summed E-state index contributed by atoms with van der Waals surface area (Å²) in [6.07, 6.45) is 26.7. The molecule has 9 heterocycles. The van der Waals surface area contributed by atoms with Crippen molar-refractivity contribution in [3.8, 4) is 0 Å². The Morgan fingerprint density at radius 1 is 0.667 bits per heavy atom. The number of aryl methyl sites for hydroxylation is 11. The molecule has 496 valence electrons. The first-order chi connectivity index (χ1) is 43.0. The number of hydrogen-bond donors (Lipinski definition) is 2. The second-order valence-corrected chi connectivity index (χ2v) is 22.0. The summed E-state index contributed by atoms with van der Waals surface area (Å²) in [6.45, 7) is 39.7. The Hall–Kier alpha value is -8.02. The van der Waals surface area contributed by atoms with Gasteiger partial charge in [-0.05, 0) is 180 Å². The van der Waals surface area contributed by atoms with Crippen molar-refractivity contribution in [1.29, 1.82) is 0 Å². The average molecular weight is 1300 g/mol. The van der Waals surface area contributed by atoms with Gasteiger partial charge in [-0.1, -0.05) is 51.9 Å². The van der Waals surface area contributed by atoms with Crippen LogP contribution < -0.4 is 11.5 Å². The molecule has 90 heavy (non-hydrogen) atoms. The predicted molar refractivity (Wildman–Crippen MR) is 379 cm³/mol. The van der Waals surface area contributed by atoms with E-state index in [2.05, 4.69) is 155 Å². The summed E-state index contributed by atoms with van der Waals surface area (Å²) in [4.78, 5) is 48.9. The molecule has 8 aromatic heterocycles.